The maximum atomic E-state index is 11.2. The summed E-state index contributed by atoms with van der Waals surface area (Å²) in [6, 6.07) is 7.36. The third-order valence-electron chi connectivity index (χ3n) is 1.86. The van der Waals surface area contributed by atoms with Crippen molar-refractivity contribution in [3.63, 3.8) is 0 Å². The quantitative estimate of drug-likeness (QED) is 0.857. The van der Waals surface area contributed by atoms with E-state index in [0.29, 0.717) is 5.75 Å². The van der Waals surface area contributed by atoms with Crippen molar-refractivity contribution in [2.24, 2.45) is 0 Å². The second-order valence-corrected chi connectivity index (χ2v) is 4.05. The molecule has 5 heteroatoms. The van der Waals surface area contributed by atoms with E-state index >= 15 is 0 Å². The summed E-state index contributed by atoms with van der Waals surface area (Å²) >= 11 is 3.34. The van der Waals surface area contributed by atoms with Gasteiger partial charge in [0.15, 0.2) is 6.61 Å². The number of aryl methyl sites for hydroxylation is 1. The molecule has 0 spiro atoms. The number of hydrogen-bond donors (Lipinski definition) is 1. The number of hydrogen-bond acceptors (Lipinski definition) is 3. The number of halogens is 1. The first-order chi connectivity index (χ1) is 7.63. The van der Waals surface area contributed by atoms with E-state index in [0.717, 1.165) is 10.0 Å². The van der Waals surface area contributed by atoms with Crippen LogP contribution in [0.25, 0.3) is 0 Å². The Morgan fingerprint density at radius 1 is 1.62 bits per heavy atom. The second-order valence-electron chi connectivity index (χ2n) is 3.13. The highest BCUT2D eigenvalue weighted by Crippen LogP contribution is 2.21. The highest BCUT2D eigenvalue weighted by Gasteiger charge is 2.04. The Morgan fingerprint density at radius 2 is 2.38 bits per heavy atom. The van der Waals surface area contributed by atoms with Crippen LogP contribution in [0.2, 0.25) is 0 Å². The average Bonchev–Trinajstić information content (AvgIpc) is 2.25. The van der Waals surface area contributed by atoms with Crippen LogP contribution < -0.4 is 10.1 Å². The summed E-state index contributed by atoms with van der Waals surface area (Å²) < 4.78 is 6.27. The monoisotopic (exact) mass is 282 g/mol. The first-order valence-electron chi connectivity index (χ1n) is 4.66. The molecule has 0 saturated heterocycles. The molecule has 0 aliphatic rings. The van der Waals surface area contributed by atoms with Crippen molar-refractivity contribution in [3.05, 3.63) is 28.2 Å². The summed E-state index contributed by atoms with van der Waals surface area (Å²) in [5.74, 6) is 0.360. The first-order valence-corrected chi connectivity index (χ1v) is 5.45. The first kappa shape index (κ1) is 12.5. The van der Waals surface area contributed by atoms with Crippen LogP contribution in [0.3, 0.4) is 0 Å². The van der Waals surface area contributed by atoms with Gasteiger partial charge in [-0.05, 0) is 30.7 Å². The van der Waals surface area contributed by atoms with Gasteiger partial charge in [-0.3, -0.25) is 4.79 Å². The number of ether oxygens (including phenoxy) is 1. The lowest BCUT2D eigenvalue weighted by molar-refractivity contribution is -0.122. The molecular weight excluding hydrogens is 272 g/mol. The van der Waals surface area contributed by atoms with E-state index in [2.05, 4.69) is 21.2 Å². The lowest BCUT2D eigenvalue weighted by Gasteiger charge is -2.08. The lowest BCUT2D eigenvalue weighted by atomic mass is 10.2. The predicted molar refractivity (Wildman–Crippen MR) is 63.0 cm³/mol. The molecule has 0 bridgehead atoms. The molecule has 1 rings (SSSR count). The fourth-order valence-corrected chi connectivity index (χ4v) is 1.58. The molecule has 16 heavy (non-hydrogen) atoms. The topological polar surface area (TPSA) is 62.1 Å². The number of benzene rings is 1. The van der Waals surface area contributed by atoms with E-state index in [1.165, 1.54) is 0 Å². The minimum absolute atomic E-state index is 0.00150. The van der Waals surface area contributed by atoms with Crippen molar-refractivity contribution in [2.75, 3.05) is 13.2 Å². The molecule has 84 valence electrons. The molecular formula is C11H11BrN2O2. The number of nitrogens with zero attached hydrogens (tertiary/aromatic N) is 1. The summed E-state index contributed by atoms with van der Waals surface area (Å²) in [5, 5.41) is 10.7. The van der Waals surface area contributed by atoms with Gasteiger partial charge in [0, 0.05) is 4.47 Å². The van der Waals surface area contributed by atoms with Crippen LogP contribution in [0, 0.1) is 18.3 Å². The molecule has 0 fully saturated rings. The Morgan fingerprint density at radius 3 is 3.00 bits per heavy atom. The Kier molecular flexibility index (Phi) is 4.80. The van der Waals surface area contributed by atoms with E-state index in [9.17, 15) is 4.79 Å². The van der Waals surface area contributed by atoms with Gasteiger partial charge in [0.2, 0.25) is 0 Å². The number of carbonyl (C=O) groups is 1. The van der Waals surface area contributed by atoms with E-state index in [1.807, 2.05) is 25.1 Å². The van der Waals surface area contributed by atoms with E-state index < -0.39 is 0 Å². The molecule has 0 radical (unpaired) electrons. The molecule has 1 amide bonds. The highest BCUT2D eigenvalue weighted by atomic mass is 79.9. The molecule has 0 aromatic heterocycles. The summed E-state index contributed by atoms with van der Waals surface area (Å²) in [4.78, 5) is 11.2. The Hall–Kier alpha value is -1.54. The number of rotatable bonds is 4. The normalized spacial score (nSPS) is 9.31. The Balaban J connectivity index is 2.49. The number of amides is 1. The van der Waals surface area contributed by atoms with Gasteiger partial charge in [0.1, 0.15) is 12.3 Å². The average molecular weight is 283 g/mol. The number of carbonyl (C=O) groups excluding carboxylic acids is 1. The van der Waals surface area contributed by atoms with Crippen LogP contribution in [0.5, 0.6) is 5.75 Å². The van der Waals surface area contributed by atoms with Gasteiger partial charge in [-0.1, -0.05) is 15.9 Å². The highest BCUT2D eigenvalue weighted by molar-refractivity contribution is 9.10. The molecule has 0 aliphatic heterocycles. The van der Waals surface area contributed by atoms with E-state index in [1.54, 1.807) is 6.07 Å². The molecule has 0 saturated carbocycles. The zero-order valence-electron chi connectivity index (χ0n) is 8.79. The van der Waals surface area contributed by atoms with Gasteiger partial charge >= 0.3 is 0 Å². The lowest BCUT2D eigenvalue weighted by Crippen LogP contribution is -2.29. The van der Waals surface area contributed by atoms with Gasteiger partial charge in [-0.15, -0.1) is 0 Å². The molecule has 1 N–H and O–H groups in total. The summed E-state index contributed by atoms with van der Waals surface area (Å²) in [5.41, 5.74) is 0.947. The standard InChI is InChI=1S/C11H11BrN2O2/c1-8-6-9(12)2-3-10(8)16-7-11(15)14-5-4-13/h2-3,6H,5,7H2,1H3,(H,14,15). The molecule has 0 heterocycles. The van der Waals surface area contributed by atoms with Crippen LogP contribution in [0.4, 0.5) is 0 Å². The zero-order chi connectivity index (χ0) is 12.0. The van der Waals surface area contributed by atoms with E-state index in [4.69, 9.17) is 10.00 Å². The SMILES string of the molecule is Cc1cc(Br)ccc1OCC(=O)NCC#N. The smallest absolute Gasteiger partial charge is 0.258 e. The van der Waals surface area contributed by atoms with E-state index in [-0.39, 0.29) is 19.1 Å². The zero-order valence-corrected chi connectivity index (χ0v) is 10.4. The van der Waals surface area contributed by atoms with Crippen molar-refractivity contribution in [1.29, 1.82) is 5.26 Å². The molecule has 0 aliphatic carbocycles. The summed E-state index contributed by atoms with van der Waals surface area (Å²) in [7, 11) is 0. The van der Waals surface area contributed by atoms with Gasteiger partial charge in [-0.25, -0.2) is 0 Å². The molecule has 0 unspecified atom stereocenters. The van der Waals surface area contributed by atoms with Gasteiger partial charge < -0.3 is 10.1 Å². The molecule has 4 nitrogen and oxygen atoms in total. The Labute approximate surface area is 102 Å². The van der Waals surface area contributed by atoms with Gasteiger partial charge in [0.05, 0.1) is 6.07 Å². The largest absolute Gasteiger partial charge is 0.484 e. The molecule has 0 atom stereocenters. The summed E-state index contributed by atoms with van der Waals surface area (Å²) in [6.07, 6.45) is 0. The minimum atomic E-state index is -0.302. The van der Waals surface area contributed by atoms with Crippen molar-refractivity contribution in [2.45, 2.75) is 6.92 Å². The van der Waals surface area contributed by atoms with Gasteiger partial charge in [0.25, 0.3) is 5.91 Å². The minimum Gasteiger partial charge on any atom is -0.484 e. The van der Waals surface area contributed by atoms with Crippen LogP contribution in [-0.2, 0) is 4.79 Å². The Bertz CT molecular complexity index is 426. The molecule has 1 aromatic rings. The number of nitrogens with one attached hydrogen (secondary N) is 1. The van der Waals surface area contributed by atoms with Crippen LogP contribution in [0.15, 0.2) is 22.7 Å². The van der Waals surface area contributed by atoms with Crippen molar-refractivity contribution < 1.29 is 9.53 Å². The van der Waals surface area contributed by atoms with Crippen LogP contribution >= 0.6 is 15.9 Å². The van der Waals surface area contributed by atoms with Crippen LogP contribution in [-0.4, -0.2) is 19.1 Å². The number of nitriles is 1. The molecule has 1 aromatic carbocycles. The second kappa shape index (κ2) is 6.13. The van der Waals surface area contributed by atoms with Crippen molar-refractivity contribution >= 4 is 21.8 Å². The van der Waals surface area contributed by atoms with Crippen molar-refractivity contribution in [3.8, 4) is 11.8 Å². The maximum Gasteiger partial charge on any atom is 0.258 e. The third-order valence-corrected chi connectivity index (χ3v) is 2.35. The van der Waals surface area contributed by atoms with Crippen LogP contribution in [0.1, 0.15) is 5.56 Å². The predicted octanol–water partition coefficient (Wildman–Crippen LogP) is 1.78. The maximum absolute atomic E-state index is 11.2. The third kappa shape index (κ3) is 3.91. The fourth-order valence-electron chi connectivity index (χ4n) is 1.11. The summed E-state index contributed by atoms with van der Waals surface area (Å²) in [6.45, 7) is 1.82. The fraction of sp³-hybridized carbons (Fsp3) is 0.273. The van der Waals surface area contributed by atoms with Crippen molar-refractivity contribution in [1.82, 2.24) is 5.32 Å². The van der Waals surface area contributed by atoms with Gasteiger partial charge in [-0.2, -0.15) is 5.26 Å².